The minimum atomic E-state index is 0.188. The summed E-state index contributed by atoms with van der Waals surface area (Å²) in [5, 5.41) is 0. The lowest BCUT2D eigenvalue weighted by Gasteiger charge is -2.60. The number of rotatable bonds is 3. The van der Waals surface area contributed by atoms with E-state index in [2.05, 4.69) is 55.2 Å². The number of nitrogens with two attached hydrogens (primary N) is 1. The molecule has 7 fully saturated rings. The van der Waals surface area contributed by atoms with E-state index in [0.29, 0.717) is 28.4 Å². The topological polar surface area (TPSA) is 47.7 Å². The Labute approximate surface area is 228 Å². The fourth-order valence-electron chi connectivity index (χ4n) is 13.0. The van der Waals surface area contributed by atoms with Crippen LogP contribution in [-0.4, -0.2) is 35.3 Å². The van der Waals surface area contributed by atoms with Gasteiger partial charge in [-0.1, -0.05) is 55.8 Å². The van der Waals surface area contributed by atoms with Crippen molar-refractivity contribution in [2.45, 2.75) is 108 Å². The van der Waals surface area contributed by atoms with Crippen LogP contribution in [0.3, 0.4) is 0 Å². The van der Waals surface area contributed by atoms with Crippen molar-refractivity contribution in [2.75, 3.05) is 6.54 Å². The summed E-state index contributed by atoms with van der Waals surface area (Å²) in [6, 6.07) is 11.8. The predicted molar refractivity (Wildman–Crippen MR) is 148 cm³/mol. The average molecular weight is 515 g/mol. The zero-order chi connectivity index (χ0) is 25.5. The Hall–Kier alpha value is -1.20. The number of likely N-dealkylation sites (tertiary alicyclic amines) is 1. The highest BCUT2D eigenvalue weighted by Crippen LogP contribution is 2.93. The number of allylic oxidation sites excluding steroid dienone is 1. The van der Waals surface area contributed by atoms with Gasteiger partial charge in [0, 0.05) is 30.5 Å². The van der Waals surface area contributed by atoms with Gasteiger partial charge >= 0.3 is 0 Å². The van der Waals surface area contributed by atoms with E-state index in [4.69, 9.17) is 15.5 Å². The van der Waals surface area contributed by atoms with E-state index in [1.54, 1.807) is 5.57 Å². The Morgan fingerprint density at radius 1 is 1.08 bits per heavy atom. The van der Waals surface area contributed by atoms with Crippen LogP contribution in [0.4, 0.5) is 0 Å². The second kappa shape index (κ2) is 7.55. The summed E-state index contributed by atoms with van der Waals surface area (Å²) in [4.78, 5) is 8.20. The highest BCUT2D eigenvalue weighted by Gasteiger charge is 2.91. The van der Waals surface area contributed by atoms with Gasteiger partial charge in [-0.25, -0.2) is 5.90 Å². The molecule has 5 saturated carbocycles. The lowest BCUT2D eigenvalue weighted by molar-refractivity contribution is -0.211. The van der Waals surface area contributed by atoms with Crippen molar-refractivity contribution in [3.05, 3.63) is 47.5 Å². The Morgan fingerprint density at radius 2 is 1.95 bits per heavy atom. The molecule has 38 heavy (non-hydrogen) atoms. The van der Waals surface area contributed by atoms with Crippen LogP contribution in [-0.2, 0) is 16.1 Å². The van der Waals surface area contributed by atoms with E-state index in [1.165, 1.54) is 63.5 Å². The molecule has 3 unspecified atom stereocenters. The Balaban J connectivity index is 1.01. The van der Waals surface area contributed by atoms with Crippen LogP contribution in [0.5, 0.6) is 0 Å². The van der Waals surface area contributed by atoms with Crippen LogP contribution in [0.25, 0.3) is 0 Å². The van der Waals surface area contributed by atoms with Gasteiger partial charge in [0.1, 0.15) is 0 Å². The first-order valence-corrected chi connectivity index (χ1v) is 15.9. The fourth-order valence-corrected chi connectivity index (χ4v) is 13.0. The molecule has 1 aromatic rings. The van der Waals surface area contributed by atoms with E-state index < -0.39 is 0 Å². The number of hydrogen-bond donors (Lipinski definition) is 1. The molecule has 2 saturated heterocycles. The third-order valence-electron chi connectivity index (χ3n) is 14.4. The molecule has 0 radical (unpaired) electrons. The molecule has 4 heteroatoms. The van der Waals surface area contributed by atoms with E-state index in [9.17, 15) is 0 Å². The van der Waals surface area contributed by atoms with Crippen LogP contribution < -0.4 is 5.90 Å². The first kappa shape index (κ1) is 23.5. The van der Waals surface area contributed by atoms with Crippen molar-refractivity contribution < 1.29 is 9.57 Å². The maximum Gasteiger partial charge on any atom is 0.0824 e. The lowest BCUT2D eigenvalue weighted by Crippen LogP contribution is -2.64. The van der Waals surface area contributed by atoms with Gasteiger partial charge in [-0.2, -0.15) is 0 Å². The van der Waals surface area contributed by atoms with Gasteiger partial charge in [-0.3, -0.25) is 4.90 Å². The van der Waals surface area contributed by atoms with Gasteiger partial charge in [-0.05, 0) is 104 Å². The maximum absolute atomic E-state index is 7.47. The van der Waals surface area contributed by atoms with Gasteiger partial charge in [-0.15, -0.1) is 0 Å². The Bertz CT molecular complexity index is 1180. The van der Waals surface area contributed by atoms with Crippen molar-refractivity contribution in [1.29, 1.82) is 0 Å². The number of piperidine rings is 1. The Morgan fingerprint density at radius 3 is 2.79 bits per heavy atom. The van der Waals surface area contributed by atoms with Crippen molar-refractivity contribution >= 4 is 0 Å². The van der Waals surface area contributed by atoms with Crippen molar-refractivity contribution in [3.8, 4) is 0 Å². The molecule has 0 bridgehead atoms. The minimum absolute atomic E-state index is 0.188. The smallest absolute Gasteiger partial charge is 0.0824 e. The van der Waals surface area contributed by atoms with Gasteiger partial charge < -0.3 is 9.57 Å². The normalized spacial score (nSPS) is 55.7. The molecule has 1 aromatic carbocycles. The molecule has 4 nitrogen and oxygen atoms in total. The molecule has 2 heterocycles. The highest BCUT2D eigenvalue weighted by molar-refractivity contribution is 5.42. The van der Waals surface area contributed by atoms with Crippen molar-refractivity contribution in [1.82, 2.24) is 4.90 Å². The van der Waals surface area contributed by atoms with Crippen LogP contribution in [0.15, 0.2) is 42.0 Å². The summed E-state index contributed by atoms with van der Waals surface area (Å²) in [7, 11) is 0. The molecule has 6 aliphatic carbocycles. The zero-order valence-corrected chi connectivity index (χ0v) is 23.4. The van der Waals surface area contributed by atoms with Crippen molar-refractivity contribution in [3.63, 3.8) is 0 Å². The van der Waals surface area contributed by atoms with Gasteiger partial charge in [0.05, 0.1) is 17.8 Å². The number of nitrogens with zero attached hydrogens (tertiary/aromatic N) is 1. The lowest BCUT2D eigenvalue weighted by atomic mass is 9.47. The molecule has 2 N–H and O–H groups in total. The molecule has 3 spiro atoms. The largest absolute Gasteiger partial charge is 0.369 e. The van der Waals surface area contributed by atoms with Gasteiger partial charge in [0.15, 0.2) is 0 Å². The van der Waals surface area contributed by atoms with Crippen LogP contribution in [0.2, 0.25) is 0 Å². The minimum Gasteiger partial charge on any atom is -0.369 e. The SMILES string of the molecule is C[C@H]1C[C@H]2O[C@@]34CC[C@H]5C6CC=C7C[C@@H](ON)CC[C@]7(C)[C@H]6CC56CC63C[C@@H]4[C@@H]2N(Cc2ccccc2)C1. The summed E-state index contributed by atoms with van der Waals surface area (Å²) in [5.41, 5.74) is 4.78. The molecular formula is C34H46N2O2. The van der Waals surface area contributed by atoms with E-state index in [1.807, 2.05) is 0 Å². The monoisotopic (exact) mass is 514 g/mol. The molecular weight excluding hydrogens is 468 g/mol. The summed E-state index contributed by atoms with van der Waals surface area (Å²) in [6.45, 7) is 7.40. The predicted octanol–water partition coefficient (Wildman–Crippen LogP) is 6.26. The fraction of sp³-hybridized carbons (Fsp3) is 0.765. The average Bonchev–Trinajstić information content (AvgIpc) is 3.40. The zero-order valence-electron chi connectivity index (χ0n) is 23.4. The number of ether oxygens (including phenoxy) is 1. The number of hydrogen-bond acceptors (Lipinski definition) is 4. The Kier molecular flexibility index (Phi) is 4.67. The van der Waals surface area contributed by atoms with E-state index in [0.717, 1.165) is 49.0 Å². The number of benzene rings is 1. The summed E-state index contributed by atoms with van der Waals surface area (Å²) in [5.74, 6) is 9.82. The standard InChI is InChI=1S/C34H46N2O2/c1-21-14-29-30(36(18-21)19-22-6-4-3-5-7-22)28-17-33-20-32(33)16-27-25(26(32)11-13-34(28,33)37-29)9-8-23-15-24(38-35)10-12-31(23,27)2/h3-8,21,24-30H,9-20,35H2,1-2H3/t21-,24-,25?,26-,27-,28+,29+,30-,31-,32?,33?,34+/m0/s1. The molecule has 204 valence electrons. The molecule has 2 aliphatic heterocycles. The van der Waals surface area contributed by atoms with Gasteiger partial charge in [0.2, 0.25) is 0 Å². The third-order valence-corrected chi connectivity index (χ3v) is 14.4. The quantitative estimate of drug-likeness (QED) is 0.382. The highest BCUT2D eigenvalue weighted by atomic mass is 16.6. The summed E-state index contributed by atoms with van der Waals surface area (Å²) in [6.07, 6.45) is 16.5. The maximum atomic E-state index is 7.47. The molecule has 9 rings (SSSR count). The first-order valence-electron chi connectivity index (χ1n) is 15.9. The number of fused-ring (bicyclic) bond motifs is 6. The van der Waals surface area contributed by atoms with Crippen LogP contribution in [0.1, 0.15) is 83.6 Å². The molecule has 12 atom stereocenters. The van der Waals surface area contributed by atoms with E-state index >= 15 is 0 Å². The van der Waals surface area contributed by atoms with Gasteiger partial charge in [0.25, 0.3) is 0 Å². The third kappa shape index (κ3) is 2.64. The van der Waals surface area contributed by atoms with Crippen molar-refractivity contribution in [2.24, 2.45) is 51.7 Å². The molecule has 8 aliphatic rings. The second-order valence-electron chi connectivity index (χ2n) is 15.5. The van der Waals surface area contributed by atoms with Crippen LogP contribution in [0, 0.1) is 45.8 Å². The summed E-state index contributed by atoms with van der Waals surface area (Å²) < 4.78 is 7.47. The second-order valence-corrected chi connectivity index (χ2v) is 15.5. The first-order chi connectivity index (χ1) is 18.4. The summed E-state index contributed by atoms with van der Waals surface area (Å²) >= 11 is 0. The molecule has 0 aromatic heterocycles. The van der Waals surface area contributed by atoms with Crippen LogP contribution >= 0.6 is 0 Å². The molecule has 0 amide bonds. The van der Waals surface area contributed by atoms with E-state index in [-0.39, 0.29) is 11.7 Å².